The largest absolute Gasteiger partial charge is 0.395 e. The van der Waals surface area contributed by atoms with Crippen LogP contribution in [0.1, 0.15) is 5.56 Å². The summed E-state index contributed by atoms with van der Waals surface area (Å²) in [6, 6.07) is 6.82. The summed E-state index contributed by atoms with van der Waals surface area (Å²) in [6.45, 7) is 0.823. The van der Waals surface area contributed by atoms with E-state index in [0.717, 1.165) is 22.1 Å². The molecule has 3 N–H and O–H groups in total. The van der Waals surface area contributed by atoms with Crippen molar-refractivity contribution in [3.63, 3.8) is 0 Å². The standard InChI is InChI=1S/C22H22FN9O/c1-30-13-17(12-27-30)16-8-15(9-18(23)10-16)11-28-32-4-2-19-20(25-14-26-21(19)32)29-22-24-3-5-31(22)6-7-33/h2-5,8-10,12-14,28,33H,6-7,11H2,1H3,(H,24,25,26,29). The van der Waals surface area contributed by atoms with E-state index >= 15 is 0 Å². The molecule has 11 heteroatoms. The third-order valence-corrected chi connectivity index (χ3v) is 5.22. The molecule has 168 valence electrons. The zero-order valence-corrected chi connectivity index (χ0v) is 17.9. The highest BCUT2D eigenvalue weighted by molar-refractivity contribution is 5.88. The molecule has 0 unspecified atom stereocenters. The number of aliphatic hydroxyl groups excluding tert-OH is 1. The minimum Gasteiger partial charge on any atom is -0.395 e. The molecule has 0 aliphatic heterocycles. The number of benzene rings is 1. The second-order valence-electron chi connectivity index (χ2n) is 7.52. The summed E-state index contributed by atoms with van der Waals surface area (Å²) in [6.07, 6.45) is 10.3. The quantitative estimate of drug-likeness (QED) is 0.335. The Kier molecular flexibility index (Phi) is 5.45. The van der Waals surface area contributed by atoms with Gasteiger partial charge in [-0.15, -0.1) is 0 Å². The second-order valence-corrected chi connectivity index (χ2v) is 7.52. The lowest BCUT2D eigenvalue weighted by Crippen LogP contribution is -2.14. The topological polar surface area (TPSA) is 111 Å². The smallest absolute Gasteiger partial charge is 0.208 e. The van der Waals surface area contributed by atoms with Gasteiger partial charge in [-0.1, -0.05) is 0 Å². The normalized spacial score (nSPS) is 11.2. The van der Waals surface area contributed by atoms with Gasteiger partial charge in [-0.25, -0.2) is 24.0 Å². The first-order valence-corrected chi connectivity index (χ1v) is 10.3. The van der Waals surface area contributed by atoms with Crippen molar-refractivity contribution in [1.82, 2.24) is 34.0 Å². The van der Waals surface area contributed by atoms with Crippen molar-refractivity contribution in [3.05, 3.63) is 73.0 Å². The molecule has 33 heavy (non-hydrogen) atoms. The number of fused-ring (bicyclic) bond motifs is 1. The van der Waals surface area contributed by atoms with Gasteiger partial charge in [0.25, 0.3) is 0 Å². The van der Waals surface area contributed by atoms with Crippen molar-refractivity contribution in [1.29, 1.82) is 0 Å². The first-order valence-electron chi connectivity index (χ1n) is 10.3. The van der Waals surface area contributed by atoms with Crippen LogP contribution in [0, 0.1) is 5.82 Å². The third-order valence-electron chi connectivity index (χ3n) is 5.22. The Morgan fingerprint density at radius 1 is 1.09 bits per heavy atom. The fourth-order valence-electron chi connectivity index (χ4n) is 3.67. The fraction of sp³-hybridized carbons (Fsp3) is 0.182. The van der Waals surface area contributed by atoms with E-state index in [0.29, 0.717) is 30.5 Å². The van der Waals surface area contributed by atoms with Crippen molar-refractivity contribution in [2.24, 2.45) is 7.05 Å². The van der Waals surface area contributed by atoms with Crippen LogP contribution in [0.25, 0.3) is 22.2 Å². The molecule has 0 aliphatic rings. The number of rotatable bonds is 8. The molecular weight excluding hydrogens is 425 g/mol. The number of hydrogen-bond donors (Lipinski definition) is 3. The molecule has 0 spiro atoms. The molecule has 0 bridgehead atoms. The van der Waals surface area contributed by atoms with Crippen molar-refractivity contribution in [2.75, 3.05) is 17.3 Å². The van der Waals surface area contributed by atoms with E-state index in [1.165, 1.54) is 18.5 Å². The monoisotopic (exact) mass is 447 g/mol. The van der Waals surface area contributed by atoms with Crippen LogP contribution in [0.2, 0.25) is 0 Å². The van der Waals surface area contributed by atoms with Crippen LogP contribution in [0.3, 0.4) is 0 Å². The first-order chi connectivity index (χ1) is 16.1. The lowest BCUT2D eigenvalue weighted by molar-refractivity contribution is 0.277. The van der Waals surface area contributed by atoms with E-state index in [-0.39, 0.29) is 12.4 Å². The summed E-state index contributed by atoms with van der Waals surface area (Å²) in [5, 5.41) is 17.4. The van der Waals surface area contributed by atoms with Crippen LogP contribution < -0.4 is 10.7 Å². The zero-order chi connectivity index (χ0) is 22.8. The van der Waals surface area contributed by atoms with Gasteiger partial charge >= 0.3 is 0 Å². The number of aromatic nitrogens is 7. The van der Waals surface area contributed by atoms with Crippen LogP contribution >= 0.6 is 0 Å². The fourth-order valence-corrected chi connectivity index (χ4v) is 3.67. The molecule has 4 heterocycles. The Labute approximate surface area is 188 Å². The van der Waals surface area contributed by atoms with Crippen LogP contribution in [0.15, 0.2) is 61.6 Å². The lowest BCUT2D eigenvalue weighted by atomic mass is 10.1. The van der Waals surface area contributed by atoms with Crippen LogP contribution in [-0.4, -0.2) is 45.7 Å². The second kappa shape index (κ2) is 8.71. The maximum absolute atomic E-state index is 14.2. The van der Waals surface area contributed by atoms with E-state index in [1.54, 1.807) is 32.5 Å². The highest BCUT2D eigenvalue weighted by atomic mass is 19.1. The van der Waals surface area contributed by atoms with E-state index in [9.17, 15) is 9.50 Å². The average molecular weight is 447 g/mol. The average Bonchev–Trinajstić information content (AvgIpc) is 3.53. The molecule has 5 rings (SSSR count). The molecular formula is C22H22FN9O. The van der Waals surface area contributed by atoms with Crippen molar-refractivity contribution >= 4 is 22.8 Å². The van der Waals surface area contributed by atoms with Crippen molar-refractivity contribution in [3.8, 4) is 11.1 Å². The van der Waals surface area contributed by atoms with Gasteiger partial charge in [0, 0.05) is 43.9 Å². The summed E-state index contributed by atoms with van der Waals surface area (Å²) < 4.78 is 19.5. The van der Waals surface area contributed by atoms with E-state index in [2.05, 4.69) is 30.8 Å². The minimum atomic E-state index is -0.308. The predicted octanol–water partition coefficient (Wildman–Crippen LogP) is 2.65. The molecule has 0 fully saturated rings. The van der Waals surface area contributed by atoms with Gasteiger partial charge < -0.3 is 20.4 Å². The Balaban J connectivity index is 1.37. The van der Waals surface area contributed by atoms with E-state index in [1.807, 2.05) is 31.6 Å². The molecule has 5 aromatic rings. The summed E-state index contributed by atoms with van der Waals surface area (Å²) in [5.74, 6) is 0.862. The first kappa shape index (κ1) is 20.6. The number of imidazole rings is 1. The van der Waals surface area contributed by atoms with Gasteiger partial charge in [-0.05, 0) is 35.4 Å². The highest BCUT2D eigenvalue weighted by Gasteiger charge is 2.12. The van der Waals surface area contributed by atoms with Gasteiger partial charge in [0.2, 0.25) is 5.95 Å². The van der Waals surface area contributed by atoms with Gasteiger partial charge in [0.05, 0.1) is 24.7 Å². The highest BCUT2D eigenvalue weighted by Crippen LogP contribution is 2.24. The molecule has 0 saturated carbocycles. The molecule has 0 amide bonds. The number of hydrogen-bond acceptors (Lipinski definition) is 7. The molecule has 0 saturated heterocycles. The van der Waals surface area contributed by atoms with Gasteiger partial charge in [-0.3, -0.25) is 4.68 Å². The minimum absolute atomic E-state index is 0.00704. The predicted molar refractivity (Wildman–Crippen MR) is 122 cm³/mol. The van der Waals surface area contributed by atoms with Crippen molar-refractivity contribution in [2.45, 2.75) is 13.1 Å². The molecule has 10 nitrogen and oxygen atoms in total. The zero-order valence-electron chi connectivity index (χ0n) is 17.9. The summed E-state index contributed by atoms with van der Waals surface area (Å²) >= 11 is 0. The maximum Gasteiger partial charge on any atom is 0.208 e. The van der Waals surface area contributed by atoms with Crippen LogP contribution in [0.4, 0.5) is 16.2 Å². The summed E-state index contributed by atoms with van der Waals surface area (Å²) in [4.78, 5) is 13.0. The number of aryl methyl sites for hydroxylation is 1. The van der Waals surface area contributed by atoms with Gasteiger partial charge in [-0.2, -0.15) is 5.10 Å². The summed E-state index contributed by atoms with van der Waals surface area (Å²) in [7, 11) is 1.83. The Morgan fingerprint density at radius 3 is 2.82 bits per heavy atom. The SMILES string of the molecule is Cn1cc(-c2cc(F)cc(CNn3ccc4c(Nc5nccn5CCO)ncnc43)c2)cn1. The number of aliphatic hydroxyl groups is 1. The number of anilines is 2. The van der Waals surface area contributed by atoms with Crippen molar-refractivity contribution < 1.29 is 9.50 Å². The van der Waals surface area contributed by atoms with Gasteiger partial charge in [0.15, 0.2) is 5.65 Å². The van der Waals surface area contributed by atoms with Crippen LogP contribution in [-0.2, 0) is 20.1 Å². The van der Waals surface area contributed by atoms with Crippen LogP contribution in [0.5, 0.6) is 0 Å². The Hall–Kier alpha value is -4.25. The number of nitrogens with one attached hydrogen (secondary N) is 2. The molecule has 0 aliphatic carbocycles. The Bertz CT molecular complexity index is 1400. The number of halogens is 1. The summed E-state index contributed by atoms with van der Waals surface area (Å²) in [5.41, 5.74) is 6.34. The molecule has 1 aromatic carbocycles. The maximum atomic E-state index is 14.2. The van der Waals surface area contributed by atoms with E-state index < -0.39 is 0 Å². The molecule has 0 radical (unpaired) electrons. The number of nitrogens with zero attached hydrogens (tertiary/aromatic N) is 7. The molecule has 4 aromatic heterocycles. The van der Waals surface area contributed by atoms with E-state index in [4.69, 9.17) is 0 Å². The lowest BCUT2D eigenvalue weighted by Gasteiger charge is -2.11. The Morgan fingerprint density at radius 2 is 2.00 bits per heavy atom. The third kappa shape index (κ3) is 4.26. The molecule has 0 atom stereocenters. The van der Waals surface area contributed by atoms with Gasteiger partial charge in [0.1, 0.15) is 18.0 Å².